The van der Waals surface area contributed by atoms with Gasteiger partial charge in [0.25, 0.3) is 0 Å². The van der Waals surface area contributed by atoms with Gasteiger partial charge >= 0.3 is 0 Å². The molecule has 0 N–H and O–H groups in total. The summed E-state index contributed by atoms with van der Waals surface area (Å²) in [6.07, 6.45) is 3.41. The van der Waals surface area contributed by atoms with Crippen LogP contribution in [0, 0.1) is 5.41 Å². The van der Waals surface area contributed by atoms with Gasteiger partial charge in [0.15, 0.2) is 11.5 Å². The number of carbonyl (C=O) groups is 1. The largest absolute Gasteiger partial charge is 0.490 e. The molecule has 0 aromatic heterocycles. The van der Waals surface area contributed by atoms with Crippen molar-refractivity contribution in [1.29, 1.82) is 0 Å². The first kappa shape index (κ1) is 20.0. The molecule has 1 aromatic carbocycles. The minimum atomic E-state index is 0.262. The van der Waals surface area contributed by atoms with Crippen LogP contribution >= 0.6 is 0 Å². The third-order valence-electron chi connectivity index (χ3n) is 5.34. The SMILES string of the molecule is CC(C)(C)CCN1CCN(C(=O)CCc2ccc3c(c2)OCCCO3)CC1. The van der Waals surface area contributed by atoms with Gasteiger partial charge in [0.1, 0.15) is 0 Å². The van der Waals surface area contributed by atoms with Crippen molar-refractivity contribution in [2.45, 2.75) is 46.5 Å². The topological polar surface area (TPSA) is 42.0 Å². The highest BCUT2D eigenvalue weighted by Gasteiger charge is 2.22. The van der Waals surface area contributed by atoms with Crippen molar-refractivity contribution in [2.24, 2.45) is 5.41 Å². The number of hydrogen-bond acceptors (Lipinski definition) is 4. The van der Waals surface area contributed by atoms with Crippen LogP contribution in [0.3, 0.4) is 0 Å². The van der Waals surface area contributed by atoms with Crippen LogP contribution in [0.4, 0.5) is 0 Å². The van der Waals surface area contributed by atoms with Crippen molar-refractivity contribution in [3.63, 3.8) is 0 Å². The zero-order valence-corrected chi connectivity index (χ0v) is 17.1. The highest BCUT2D eigenvalue weighted by Crippen LogP contribution is 2.30. The molecule has 1 fully saturated rings. The van der Waals surface area contributed by atoms with Crippen molar-refractivity contribution in [3.8, 4) is 11.5 Å². The summed E-state index contributed by atoms with van der Waals surface area (Å²) >= 11 is 0. The average Bonchev–Trinajstić information content (AvgIpc) is 2.89. The number of rotatable bonds is 5. The van der Waals surface area contributed by atoms with Crippen molar-refractivity contribution in [3.05, 3.63) is 23.8 Å². The van der Waals surface area contributed by atoms with Crippen molar-refractivity contribution in [1.82, 2.24) is 9.80 Å². The van der Waals surface area contributed by atoms with Gasteiger partial charge in [-0.15, -0.1) is 0 Å². The molecule has 0 spiro atoms. The number of benzene rings is 1. The second-order valence-electron chi connectivity index (χ2n) is 8.86. The van der Waals surface area contributed by atoms with E-state index in [1.165, 1.54) is 6.42 Å². The predicted molar refractivity (Wildman–Crippen MR) is 107 cm³/mol. The Hall–Kier alpha value is -1.75. The summed E-state index contributed by atoms with van der Waals surface area (Å²) in [7, 11) is 0. The summed E-state index contributed by atoms with van der Waals surface area (Å²) in [4.78, 5) is 17.1. The molecule has 2 heterocycles. The summed E-state index contributed by atoms with van der Waals surface area (Å²) < 4.78 is 11.4. The lowest BCUT2D eigenvalue weighted by Gasteiger charge is -2.36. The van der Waals surface area contributed by atoms with Gasteiger partial charge in [-0.25, -0.2) is 0 Å². The third kappa shape index (κ3) is 6.13. The first-order valence-electron chi connectivity index (χ1n) is 10.3. The molecule has 2 aliphatic rings. The van der Waals surface area contributed by atoms with Gasteiger partial charge in [-0.1, -0.05) is 26.8 Å². The van der Waals surface area contributed by atoms with Crippen molar-refractivity contribution in [2.75, 3.05) is 45.9 Å². The molecule has 0 radical (unpaired) electrons. The Kier molecular flexibility index (Phi) is 6.64. The minimum absolute atomic E-state index is 0.262. The Morgan fingerprint density at radius 2 is 1.74 bits per heavy atom. The van der Waals surface area contributed by atoms with Gasteiger partial charge in [-0.2, -0.15) is 0 Å². The number of hydrogen-bond donors (Lipinski definition) is 0. The molecule has 2 aliphatic heterocycles. The summed E-state index contributed by atoms with van der Waals surface area (Å²) in [5, 5.41) is 0. The Morgan fingerprint density at radius 1 is 1.04 bits per heavy atom. The van der Waals surface area contributed by atoms with E-state index in [9.17, 15) is 4.79 Å². The molecule has 5 heteroatoms. The van der Waals surface area contributed by atoms with Crippen LogP contribution in [0.1, 0.15) is 45.6 Å². The van der Waals surface area contributed by atoms with Crippen LogP contribution in [-0.2, 0) is 11.2 Å². The van der Waals surface area contributed by atoms with Gasteiger partial charge in [-0.3, -0.25) is 9.69 Å². The summed E-state index contributed by atoms with van der Waals surface area (Å²) in [5.41, 5.74) is 1.51. The first-order valence-corrected chi connectivity index (χ1v) is 10.3. The van der Waals surface area contributed by atoms with Gasteiger partial charge in [-0.05, 0) is 42.5 Å². The molecular formula is C22H34N2O3. The third-order valence-corrected chi connectivity index (χ3v) is 5.34. The highest BCUT2D eigenvalue weighted by molar-refractivity contribution is 5.76. The fraction of sp³-hybridized carbons (Fsp3) is 0.682. The van der Waals surface area contributed by atoms with Crippen LogP contribution in [0.15, 0.2) is 18.2 Å². The number of fused-ring (bicyclic) bond motifs is 1. The lowest BCUT2D eigenvalue weighted by atomic mass is 9.92. The number of amides is 1. The molecule has 0 unspecified atom stereocenters. The summed E-state index contributed by atoms with van der Waals surface area (Å²) in [6.45, 7) is 13.1. The van der Waals surface area contributed by atoms with Crippen molar-refractivity contribution >= 4 is 5.91 Å². The summed E-state index contributed by atoms with van der Waals surface area (Å²) in [6, 6.07) is 6.04. The van der Waals surface area contributed by atoms with Gasteiger partial charge in [0, 0.05) is 39.0 Å². The van der Waals surface area contributed by atoms with Gasteiger partial charge < -0.3 is 14.4 Å². The molecule has 1 aromatic rings. The Balaban J connectivity index is 1.43. The van der Waals surface area contributed by atoms with E-state index in [1.807, 2.05) is 23.1 Å². The molecule has 0 saturated carbocycles. The Morgan fingerprint density at radius 3 is 2.44 bits per heavy atom. The maximum Gasteiger partial charge on any atom is 0.222 e. The molecule has 0 atom stereocenters. The van der Waals surface area contributed by atoms with E-state index in [0.717, 1.165) is 62.6 Å². The number of carbonyl (C=O) groups excluding carboxylic acids is 1. The van der Waals surface area contributed by atoms with E-state index >= 15 is 0 Å². The molecule has 150 valence electrons. The number of aryl methyl sites for hydroxylation is 1. The highest BCUT2D eigenvalue weighted by atomic mass is 16.5. The van der Waals surface area contributed by atoms with Crippen LogP contribution in [0.25, 0.3) is 0 Å². The van der Waals surface area contributed by atoms with E-state index in [0.29, 0.717) is 25.0 Å². The molecular weight excluding hydrogens is 340 g/mol. The molecule has 3 rings (SSSR count). The molecule has 1 amide bonds. The predicted octanol–water partition coefficient (Wildman–Crippen LogP) is 3.36. The lowest BCUT2D eigenvalue weighted by molar-refractivity contribution is -0.132. The van der Waals surface area contributed by atoms with E-state index in [-0.39, 0.29) is 5.91 Å². The number of piperazine rings is 1. The minimum Gasteiger partial charge on any atom is -0.490 e. The van der Waals surface area contributed by atoms with E-state index < -0.39 is 0 Å². The van der Waals surface area contributed by atoms with Crippen LogP contribution < -0.4 is 9.47 Å². The first-order chi connectivity index (χ1) is 12.9. The number of ether oxygens (including phenoxy) is 2. The molecule has 1 saturated heterocycles. The lowest BCUT2D eigenvalue weighted by Crippen LogP contribution is -2.49. The van der Waals surface area contributed by atoms with Gasteiger partial charge in [0.05, 0.1) is 13.2 Å². The summed E-state index contributed by atoms with van der Waals surface area (Å²) in [5.74, 6) is 1.89. The van der Waals surface area contributed by atoms with E-state index in [1.54, 1.807) is 0 Å². The quantitative estimate of drug-likeness (QED) is 0.793. The van der Waals surface area contributed by atoms with Crippen molar-refractivity contribution < 1.29 is 14.3 Å². The zero-order valence-electron chi connectivity index (χ0n) is 17.1. The van der Waals surface area contributed by atoms with Gasteiger partial charge in [0.2, 0.25) is 5.91 Å². The molecule has 0 bridgehead atoms. The smallest absolute Gasteiger partial charge is 0.222 e. The zero-order chi connectivity index (χ0) is 19.3. The number of nitrogens with zero attached hydrogens (tertiary/aromatic N) is 2. The monoisotopic (exact) mass is 374 g/mol. The average molecular weight is 375 g/mol. The molecule has 0 aliphatic carbocycles. The van der Waals surface area contributed by atoms with E-state index in [2.05, 4.69) is 25.7 Å². The van der Waals surface area contributed by atoms with Crippen LogP contribution in [0.2, 0.25) is 0 Å². The van der Waals surface area contributed by atoms with Crippen LogP contribution in [-0.4, -0.2) is 61.6 Å². The second kappa shape index (κ2) is 8.96. The second-order valence-corrected chi connectivity index (χ2v) is 8.86. The normalized spacial score (nSPS) is 18.3. The maximum atomic E-state index is 12.6. The van der Waals surface area contributed by atoms with Crippen LogP contribution in [0.5, 0.6) is 11.5 Å². The van der Waals surface area contributed by atoms with E-state index in [4.69, 9.17) is 9.47 Å². The Labute approximate surface area is 163 Å². The molecule has 5 nitrogen and oxygen atoms in total. The maximum absolute atomic E-state index is 12.6. The molecule has 27 heavy (non-hydrogen) atoms. The Bertz CT molecular complexity index is 631. The fourth-order valence-electron chi connectivity index (χ4n) is 3.49. The standard InChI is InChI=1S/C22H34N2O3/c1-22(2,3)9-10-23-11-13-24(14-12-23)21(25)8-6-18-5-7-19-20(17-18)27-16-4-15-26-19/h5,7,17H,4,6,8-16H2,1-3H3. The fourth-order valence-corrected chi connectivity index (χ4v) is 3.49.